The number of hydrogen-bond acceptors (Lipinski definition) is 7. The second-order valence-electron chi connectivity index (χ2n) is 14.6. The topological polar surface area (TPSA) is 108 Å². The van der Waals surface area contributed by atoms with E-state index in [0.29, 0.717) is 49.7 Å². The number of carbonyl (C=O) groups is 3. The Labute approximate surface area is 284 Å². The lowest BCUT2D eigenvalue weighted by atomic mass is 9.94. The van der Waals surface area contributed by atoms with E-state index in [9.17, 15) is 14.4 Å². The maximum Gasteiger partial charge on any atom is 0.255 e. The summed E-state index contributed by atoms with van der Waals surface area (Å²) < 4.78 is 11.9. The maximum atomic E-state index is 14.2. The molecule has 3 atom stereocenters. The highest BCUT2D eigenvalue weighted by Crippen LogP contribution is 2.26. The van der Waals surface area contributed by atoms with Gasteiger partial charge in [0.2, 0.25) is 17.7 Å². The van der Waals surface area contributed by atoms with Crippen LogP contribution in [0.2, 0.25) is 0 Å². The van der Waals surface area contributed by atoms with Crippen molar-refractivity contribution in [1.82, 2.24) is 25.0 Å². The molecule has 2 fully saturated rings. The van der Waals surface area contributed by atoms with Crippen molar-refractivity contribution in [3.8, 4) is 5.75 Å². The minimum atomic E-state index is -0.779. The number of carbonyl (C=O) groups excluding carboxylic acids is 3. The van der Waals surface area contributed by atoms with Crippen molar-refractivity contribution in [2.75, 3.05) is 33.2 Å². The zero-order valence-electron chi connectivity index (χ0n) is 29.3. The molecule has 1 aromatic heterocycles. The van der Waals surface area contributed by atoms with E-state index in [4.69, 9.17) is 9.15 Å². The third kappa shape index (κ3) is 8.64. The molecule has 2 aliphatic rings. The highest BCUT2D eigenvalue weighted by Gasteiger charge is 2.41. The molecule has 0 spiro atoms. The number of ether oxygens (including phenoxy) is 1. The van der Waals surface area contributed by atoms with Crippen LogP contribution in [0.15, 0.2) is 65.2 Å². The molecule has 10 heteroatoms. The molecule has 258 valence electrons. The number of likely N-dealkylation sites (N-methyl/N-ethyl adjacent to an activating group) is 1. The Hall–Kier alpha value is -4.18. The van der Waals surface area contributed by atoms with E-state index in [2.05, 4.69) is 34.4 Å². The first-order chi connectivity index (χ1) is 22.9. The quantitative estimate of drug-likeness (QED) is 0.307. The average Bonchev–Trinajstić information content (AvgIpc) is 3.75. The van der Waals surface area contributed by atoms with Crippen LogP contribution in [0.1, 0.15) is 81.5 Å². The van der Waals surface area contributed by atoms with E-state index >= 15 is 0 Å². The molecule has 3 heterocycles. The number of piperazine rings is 1. The SMILES string of the molecule is CC(C)C[C@@H](NC(=O)c1ccccc1OCc1ncc(C(C)(C)C)o1)C(=O)N1CCC[C@@H]1C(=O)N1CCN(C)[C@@H](Cc2ccccc2)C1. The third-order valence-corrected chi connectivity index (χ3v) is 9.31. The molecule has 0 unspecified atom stereocenters. The molecule has 2 aromatic carbocycles. The second kappa shape index (κ2) is 15.4. The first-order valence-electron chi connectivity index (χ1n) is 17.2. The molecule has 2 saturated heterocycles. The summed E-state index contributed by atoms with van der Waals surface area (Å²) >= 11 is 0. The Balaban J connectivity index is 1.26. The summed E-state index contributed by atoms with van der Waals surface area (Å²) in [6.07, 6.45) is 4.38. The predicted octanol–water partition coefficient (Wildman–Crippen LogP) is 5.07. The standard InChI is InChI=1S/C38H51N5O5/c1-26(2)21-30(40-35(44)29-15-10-11-17-32(29)47-25-34-39-23-33(48-34)38(3,4)5)36(45)43-18-12-16-31(43)37(46)42-20-19-41(6)28(24-42)22-27-13-8-7-9-14-27/h7-11,13-15,17,23,26,28,30-31H,12,16,18-22,24-25H2,1-6H3,(H,40,44)/t28-,30+,31+/m0/s1. The van der Waals surface area contributed by atoms with E-state index in [1.807, 2.05) is 57.7 Å². The summed E-state index contributed by atoms with van der Waals surface area (Å²) in [5, 5.41) is 3.00. The number of oxazole rings is 1. The van der Waals surface area contributed by atoms with Gasteiger partial charge < -0.3 is 24.3 Å². The van der Waals surface area contributed by atoms with E-state index in [1.165, 1.54) is 5.56 Å². The molecule has 0 aliphatic carbocycles. The molecule has 1 N–H and O–H groups in total. The van der Waals surface area contributed by atoms with E-state index < -0.39 is 18.0 Å². The number of rotatable bonds is 11. The minimum absolute atomic E-state index is 0.00142. The summed E-state index contributed by atoms with van der Waals surface area (Å²) in [5.41, 5.74) is 1.38. The Kier molecular flexibility index (Phi) is 11.2. The van der Waals surface area contributed by atoms with E-state index in [1.54, 1.807) is 35.4 Å². The number of hydrogen-bond donors (Lipinski definition) is 1. The van der Waals surface area contributed by atoms with Gasteiger partial charge in [0.05, 0.1) is 11.8 Å². The monoisotopic (exact) mass is 657 g/mol. The van der Waals surface area contributed by atoms with Gasteiger partial charge in [-0.15, -0.1) is 0 Å². The van der Waals surface area contributed by atoms with Gasteiger partial charge >= 0.3 is 0 Å². The lowest BCUT2D eigenvalue weighted by molar-refractivity contribution is -0.146. The van der Waals surface area contributed by atoms with Crippen molar-refractivity contribution >= 4 is 17.7 Å². The number of likely N-dealkylation sites (tertiary alicyclic amines) is 1. The van der Waals surface area contributed by atoms with Gasteiger partial charge in [-0.25, -0.2) is 4.98 Å². The van der Waals surface area contributed by atoms with Gasteiger partial charge in [0.1, 0.15) is 23.6 Å². The first-order valence-corrected chi connectivity index (χ1v) is 17.2. The summed E-state index contributed by atoms with van der Waals surface area (Å²) in [7, 11) is 2.11. The third-order valence-electron chi connectivity index (χ3n) is 9.31. The molecule has 0 radical (unpaired) electrons. The normalized spacial score (nSPS) is 19.4. The lowest BCUT2D eigenvalue weighted by Crippen LogP contribution is -2.59. The second-order valence-corrected chi connectivity index (χ2v) is 14.6. The summed E-state index contributed by atoms with van der Waals surface area (Å²) in [6, 6.07) is 16.2. The van der Waals surface area contributed by atoms with Gasteiger partial charge in [-0.2, -0.15) is 0 Å². The van der Waals surface area contributed by atoms with Gasteiger partial charge in [-0.1, -0.05) is 77.1 Å². The van der Waals surface area contributed by atoms with Crippen molar-refractivity contribution in [1.29, 1.82) is 0 Å². The van der Waals surface area contributed by atoms with Crippen LogP contribution in [0.4, 0.5) is 0 Å². The fraction of sp³-hybridized carbons (Fsp3) is 0.526. The Morgan fingerprint density at radius 2 is 1.75 bits per heavy atom. The molecule has 48 heavy (non-hydrogen) atoms. The molecule has 3 aromatic rings. The zero-order valence-corrected chi connectivity index (χ0v) is 29.3. The van der Waals surface area contributed by atoms with Crippen LogP contribution >= 0.6 is 0 Å². The highest BCUT2D eigenvalue weighted by atomic mass is 16.5. The van der Waals surface area contributed by atoms with Crippen molar-refractivity contribution < 1.29 is 23.5 Å². The largest absolute Gasteiger partial charge is 0.483 e. The van der Waals surface area contributed by atoms with Gasteiger partial charge in [0.25, 0.3) is 5.91 Å². The number of nitrogens with one attached hydrogen (secondary N) is 1. The number of para-hydroxylation sites is 1. The number of aromatic nitrogens is 1. The van der Waals surface area contributed by atoms with Crippen LogP contribution in [0.25, 0.3) is 0 Å². The summed E-state index contributed by atoms with van der Waals surface area (Å²) in [6.45, 7) is 12.8. The molecule has 0 bridgehead atoms. The van der Waals surface area contributed by atoms with Crippen LogP contribution in [0, 0.1) is 5.92 Å². The van der Waals surface area contributed by atoms with Gasteiger partial charge in [0, 0.05) is 37.6 Å². The molecule has 10 nitrogen and oxygen atoms in total. The number of amides is 3. The minimum Gasteiger partial charge on any atom is -0.483 e. The fourth-order valence-electron chi connectivity index (χ4n) is 6.52. The molecule has 3 amide bonds. The van der Waals surface area contributed by atoms with E-state index in [0.717, 1.165) is 25.1 Å². The molecule has 2 aliphatic heterocycles. The van der Waals surface area contributed by atoms with Gasteiger partial charge in [0.15, 0.2) is 6.61 Å². The van der Waals surface area contributed by atoms with Crippen molar-refractivity contribution in [2.24, 2.45) is 5.92 Å². The van der Waals surface area contributed by atoms with Gasteiger partial charge in [-0.3, -0.25) is 19.3 Å². The maximum absolute atomic E-state index is 14.2. The summed E-state index contributed by atoms with van der Waals surface area (Å²) in [5.74, 6) is 1.06. The molecule has 0 saturated carbocycles. The average molecular weight is 658 g/mol. The van der Waals surface area contributed by atoms with Crippen LogP contribution in [0.3, 0.4) is 0 Å². The molecule has 5 rings (SSSR count). The Morgan fingerprint density at radius 3 is 2.46 bits per heavy atom. The number of nitrogens with zero attached hydrogens (tertiary/aromatic N) is 4. The van der Waals surface area contributed by atoms with Crippen LogP contribution in [-0.2, 0) is 28.0 Å². The van der Waals surface area contributed by atoms with Crippen LogP contribution in [-0.4, -0.2) is 88.8 Å². The number of benzene rings is 2. The van der Waals surface area contributed by atoms with Crippen LogP contribution in [0.5, 0.6) is 5.75 Å². The van der Waals surface area contributed by atoms with Crippen LogP contribution < -0.4 is 10.1 Å². The van der Waals surface area contributed by atoms with Gasteiger partial charge in [-0.05, 0) is 56.3 Å². The smallest absolute Gasteiger partial charge is 0.255 e. The van der Waals surface area contributed by atoms with Crippen molar-refractivity contribution in [2.45, 2.75) is 90.4 Å². The zero-order chi connectivity index (χ0) is 34.4. The molecular weight excluding hydrogens is 606 g/mol. The fourth-order valence-corrected chi connectivity index (χ4v) is 6.52. The Bertz CT molecular complexity index is 1550. The molecular formula is C38H51N5O5. The first kappa shape index (κ1) is 35.1. The van der Waals surface area contributed by atoms with Crippen molar-refractivity contribution in [3.05, 3.63) is 83.6 Å². The lowest BCUT2D eigenvalue weighted by Gasteiger charge is -2.41. The highest BCUT2D eigenvalue weighted by molar-refractivity contribution is 6.00. The summed E-state index contributed by atoms with van der Waals surface area (Å²) in [4.78, 5) is 52.2. The van der Waals surface area contributed by atoms with Crippen molar-refractivity contribution in [3.63, 3.8) is 0 Å². The van der Waals surface area contributed by atoms with E-state index in [-0.39, 0.29) is 35.8 Å². The predicted molar refractivity (Wildman–Crippen MR) is 185 cm³/mol. The Morgan fingerprint density at radius 1 is 1.02 bits per heavy atom.